The minimum absolute atomic E-state index is 0.0520. The molecule has 0 rings (SSSR count). The Morgan fingerprint density at radius 1 is 1.44 bits per heavy atom. The lowest BCUT2D eigenvalue weighted by Crippen LogP contribution is -2.52. The van der Waals surface area contributed by atoms with E-state index in [0.29, 0.717) is 13.1 Å². The second-order valence-electron chi connectivity index (χ2n) is 5.26. The highest BCUT2D eigenvalue weighted by molar-refractivity contribution is 5.77. The maximum Gasteiger partial charge on any atom is 0.233 e. The van der Waals surface area contributed by atoms with Gasteiger partial charge in [0.25, 0.3) is 0 Å². The van der Waals surface area contributed by atoms with Gasteiger partial charge in [0.05, 0.1) is 6.54 Å². The molecule has 16 heavy (non-hydrogen) atoms. The normalized spacial score (nSPS) is 13.9. The number of carbonyl (C=O) groups excluding carboxylic acids is 1. The molecule has 4 nitrogen and oxygen atoms in total. The zero-order valence-corrected chi connectivity index (χ0v) is 11.3. The van der Waals surface area contributed by atoms with Crippen LogP contribution in [0.4, 0.5) is 0 Å². The van der Waals surface area contributed by atoms with Crippen LogP contribution in [0.5, 0.6) is 0 Å². The number of amides is 1. The molecule has 96 valence electrons. The molecule has 0 fully saturated rings. The van der Waals surface area contributed by atoms with Crippen LogP contribution in [0.2, 0.25) is 0 Å². The minimum atomic E-state index is 0.0520. The van der Waals surface area contributed by atoms with Gasteiger partial charge in [-0.1, -0.05) is 27.7 Å². The number of nitrogens with one attached hydrogen (secondary N) is 1. The van der Waals surface area contributed by atoms with Crippen molar-refractivity contribution in [1.82, 2.24) is 10.2 Å². The van der Waals surface area contributed by atoms with E-state index in [9.17, 15) is 4.79 Å². The highest BCUT2D eigenvalue weighted by atomic mass is 16.1. The molecule has 0 aliphatic carbocycles. The molecule has 0 saturated carbocycles. The second-order valence-corrected chi connectivity index (χ2v) is 5.26. The van der Waals surface area contributed by atoms with Crippen LogP contribution in [-0.2, 0) is 4.79 Å². The number of nitrogens with zero attached hydrogens (tertiary/aromatic N) is 1. The molecule has 3 N–H and O–H groups in total. The highest BCUT2D eigenvalue weighted by Gasteiger charge is 2.29. The molecule has 1 unspecified atom stereocenters. The van der Waals surface area contributed by atoms with E-state index in [1.165, 1.54) is 0 Å². The molecule has 0 spiro atoms. The lowest BCUT2D eigenvalue weighted by Gasteiger charge is -2.39. The van der Waals surface area contributed by atoms with E-state index in [0.717, 1.165) is 13.0 Å². The summed E-state index contributed by atoms with van der Waals surface area (Å²) in [6.45, 7) is 10.5. The Morgan fingerprint density at radius 3 is 2.31 bits per heavy atom. The average molecular weight is 229 g/mol. The molecule has 0 aliphatic rings. The lowest BCUT2D eigenvalue weighted by molar-refractivity contribution is -0.122. The van der Waals surface area contributed by atoms with Gasteiger partial charge in [-0.25, -0.2) is 0 Å². The standard InChI is InChI=1S/C12H27N3O/c1-6-7-15(9-11(16)14-5)10(8-13)12(2,3)4/h10H,6-9,13H2,1-5H3,(H,14,16). The van der Waals surface area contributed by atoms with Gasteiger partial charge in [0, 0.05) is 19.6 Å². The molecule has 1 atom stereocenters. The van der Waals surface area contributed by atoms with Crippen LogP contribution >= 0.6 is 0 Å². The Bertz CT molecular complexity index is 211. The monoisotopic (exact) mass is 229 g/mol. The van der Waals surface area contributed by atoms with Gasteiger partial charge in [0.15, 0.2) is 0 Å². The largest absolute Gasteiger partial charge is 0.358 e. The van der Waals surface area contributed by atoms with Gasteiger partial charge in [-0.3, -0.25) is 9.69 Å². The summed E-state index contributed by atoms with van der Waals surface area (Å²) in [5, 5.41) is 2.66. The molecule has 0 heterocycles. The topological polar surface area (TPSA) is 58.4 Å². The predicted molar refractivity (Wildman–Crippen MR) is 68.2 cm³/mol. The molecule has 0 bridgehead atoms. The summed E-state index contributed by atoms with van der Waals surface area (Å²) in [5.74, 6) is 0.0520. The summed E-state index contributed by atoms with van der Waals surface area (Å²) < 4.78 is 0. The van der Waals surface area contributed by atoms with Gasteiger partial charge >= 0.3 is 0 Å². The van der Waals surface area contributed by atoms with Gasteiger partial charge in [0.1, 0.15) is 0 Å². The van der Waals surface area contributed by atoms with Crippen LogP contribution in [0.3, 0.4) is 0 Å². The fourth-order valence-electron chi connectivity index (χ4n) is 1.95. The highest BCUT2D eigenvalue weighted by Crippen LogP contribution is 2.23. The molecular weight excluding hydrogens is 202 g/mol. The van der Waals surface area contributed by atoms with Gasteiger partial charge in [-0.2, -0.15) is 0 Å². The van der Waals surface area contributed by atoms with Crippen LogP contribution in [0.1, 0.15) is 34.1 Å². The number of likely N-dealkylation sites (N-methyl/N-ethyl adjacent to an activating group) is 1. The molecule has 0 aromatic heterocycles. The number of rotatable bonds is 6. The first-order valence-corrected chi connectivity index (χ1v) is 6.01. The van der Waals surface area contributed by atoms with Crippen LogP contribution in [-0.4, -0.2) is 43.5 Å². The molecule has 0 radical (unpaired) electrons. The van der Waals surface area contributed by atoms with Crippen molar-refractivity contribution in [2.24, 2.45) is 11.1 Å². The average Bonchev–Trinajstić information content (AvgIpc) is 2.16. The van der Waals surface area contributed by atoms with E-state index < -0.39 is 0 Å². The summed E-state index contributed by atoms with van der Waals surface area (Å²) in [5.41, 5.74) is 5.93. The van der Waals surface area contributed by atoms with Crippen LogP contribution in [0.15, 0.2) is 0 Å². The molecule has 0 aromatic carbocycles. The number of nitrogens with two attached hydrogens (primary N) is 1. The zero-order chi connectivity index (χ0) is 12.8. The molecule has 0 saturated heterocycles. The first-order valence-electron chi connectivity index (χ1n) is 6.01. The zero-order valence-electron chi connectivity index (χ0n) is 11.3. The van der Waals surface area contributed by atoms with E-state index in [1.54, 1.807) is 7.05 Å². The van der Waals surface area contributed by atoms with Crippen molar-refractivity contribution in [3.8, 4) is 0 Å². The van der Waals surface area contributed by atoms with Crippen LogP contribution in [0, 0.1) is 5.41 Å². The van der Waals surface area contributed by atoms with E-state index in [2.05, 4.69) is 37.9 Å². The maximum absolute atomic E-state index is 11.5. The third kappa shape index (κ3) is 4.94. The van der Waals surface area contributed by atoms with E-state index >= 15 is 0 Å². The van der Waals surface area contributed by atoms with Gasteiger partial charge < -0.3 is 11.1 Å². The number of hydrogen-bond donors (Lipinski definition) is 2. The van der Waals surface area contributed by atoms with E-state index in [1.807, 2.05) is 0 Å². The van der Waals surface area contributed by atoms with E-state index in [-0.39, 0.29) is 17.4 Å². The molecule has 0 aromatic rings. The van der Waals surface area contributed by atoms with Crippen molar-refractivity contribution in [2.75, 3.05) is 26.7 Å². The molecule has 4 heteroatoms. The minimum Gasteiger partial charge on any atom is -0.358 e. The van der Waals surface area contributed by atoms with Crippen molar-refractivity contribution in [1.29, 1.82) is 0 Å². The predicted octanol–water partition coefficient (Wildman–Crippen LogP) is 0.818. The van der Waals surface area contributed by atoms with Gasteiger partial charge in [0.2, 0.25) is 5.91 Å². The molecular formula is C12H27N3O. The summed E-state index contributed by atoms with van der Waals surface area (Å²) in [7, 11) is 1.67. The first-order chi connectivity index (χ1) is 7.36. The summed E-state index contributed by atoms with van der Waals surface area (Å²) in [6, 6.07) is 0.241. The van der Waals surface area contributed by atoms with Crippen molar-refractivity contribution in [3.05, 3.63) is 0 Å². The van der Waals surface area contributed by atoms with Crippen molar-refractivity contribution < 1.29 is 4.79 Å². The summed E-state index contributed by atoms with van der Waals surface area (Å²) in [6.07, 6.45) is 1.03. The van der Waals surface area contributed by atoms with Crippen molar-refractivity contribution in [3.63, 3.8) is 0 Å². The lowest BCUT2D eigenvalue weighted by atomic mass is 9.85. The SMILES string of the molecule is CCCN(CC(=O)NC)C(CN)C(C)(C)C. The smallest absolute Gasteiger partial charge is 0.233 e. The van der Waals surface area contributed by atoms with Crippen molar-refractivity contribution >= 4 is 5.91 Å². The fraction of sp³-hybridized carbons (Fsp3) is 0.917. The van der Waals surface area contributed by atoms with E-state index in [4.69, 9.17) is 5.73 Å². The maximum atomic E-state index is 11.5. The summed E-state index contributed by atoms with van der Waals surface area (Å²) in [4.78, 5) is 13.6. The summed E-state index contributed by atoms with van der Waals surface area (Å²) >= 11 is 0. The van der Waals surface area contributed by atoms with Gasteiger partial charge in [-0.15, -0.1) is 0 Å². The Hall–Kier alpha value is -0.610. The third-order valence-corrected chi connectivity index (χ3v) is 2.80. The Kier molecular flexibility index (Phi) is 6.60. The van der Waals surface area contributed by atoms with Crippen LogP contribution < -0.4 is 11.1 Å². The quantitative estimate of drug-likeness (QED) is 0.709. The Balaban J connectivity index is 4.65. The number of carbonyl (C=O) groups is 1. The third-order valence-electron chi connectivity index (χ3n) is 2.80. The first kappa shape index (κ1) is 15.4. The molecule has 0 aliphatic heterocycles. The van der Waals surface area contributed by atoms with Crippen molar-refractivity contribution in [2.45, 2.75) is 40.2 Å². The Labute approximate surface area is 99.6 Å². The number of hydrogen-bond acceptors (Lipinski definition) is 3. The van der Waals surface area contributed by atoms with Gasteiger partial charge in [-0.05, 0) is 18.4 Å². The second kappa shape index (κ2) is 6.86. The Morgan fingerprint density at radius 2 is 2.00 bits per heavy atom. The van der Waals surface area contributed by atoms with Crippen LogP contribution in [0.25, 0.3) is 0 Å². The molecule has 1 amide bonds. The fourth-order valence-corrected chi connectivity index (χ4v) is 1.95.